The van der Waals surface area contributed by atoms with Crippen LogP contribution in [0.2, 0.25) is 0 Å². The first-order valence-electron chi connectivity index (χ1n) is 9.00. The highest BCUT2D eigenvalue weighted by Crippen LogP contribution is 2.39. The van der Waals surface area contributed by atoms with Gasteiger partial charge in [0, 0.05) is 17.5 Å². The van der Waals surface area contributed by atoms with Crippen LogP contribution in [0.5, 0.6) is 11.5 Å². The van der Waals surface area contributed by atoms with Crippen molar-refractivity contribution in [3.05, 3.63) is 59.7 Å². The van der Waals surface area contributed by atoms with E-state index >= 15 is 0 Å². The minimum Gasteiger partial charge on any atom is -0.454 e. The third-order valence-electron chi connectivity index (χ3n) is 5.42. The van der Waals surface area contributed by atoms with Crippen LogP contribution in [0.25, 0.3) is 0 Å². The zero-order valence-electron chi connectivity index (χ0n) is 14.3. The SMILES string of the molecule is O=C(NCC1(c2ccccc2)CCCCC1)c1ccc2c(c1)OCO2. The first-order chi connectivity index (χ1) is 12.3. The first kappa shape index (κ1) is 16.0. The Balaban J connectivity index is 1.50. The molecule has 1 heterocycles. The molecule has 1 amide bonds. The Hall–Kier alpha value is -2.49. The fraction of sp³-hybridized carbons (Fsp3) is 0.381. The molecule has 0 radical (unpaired) electrons. The molecule has 1 aliphatic carbocycles. The molecule has 0 aromatic heterocycles. The minimum absolute atomic E-state index is 0.0471. The highest BCUT2D eigenvalue weighted by atomic mass is 16.7. The van der Waals surface area contributed by atoms with Gasteiger partial charge in [-0.1, -0.05) is 49.6 Å². The second-order valence-electron chi connectivity index (χ2n) is 6.96. The Labute approximate surface area is 148 Å². The highest BCUT2D eigenvalue weighted by molar-refractivity contribution is 5.95. The summed E-state index contributed by atoms with van der Waals surface area (Å²) < 4.78 is 10.7. The summed E-state index contributed by atoms with van der Waals surface area (Å²) in [5.41, 5.74) is 2.00. The average Bonchev–Trinajstić information content (AvgIpc) is 3.15. The van der Waals surface area contributed by atoms with Crippen LogP contribution < -0.4 is 14.8 Å². The van der Waals surface area contributed by atoms with E-state index in [1.165, 1.54) is 24.8 Å². The Bertz CT molecular complexity index is 751. The molecular formula is C21H23NO3. The topological polar surface area (TPSA) is 47.6 Å². The molecule has 1 saturated carbocycles. The first-order valence-corrected chi connectivity index (χ1v) is 9.00. The maximum Gasteiger partial charge on any atom is 0.251 e. The number of ether oxygens (including phenoxy) is 2. The molecule has 2 aliphatic rings. The molecule has 0 saturated heterocycles. The van der Waals surface area contributed by atoms with Gasteiger partial charge in [-0.3, -0.25) is 4.79 Å². The van der Waals surface area contributed by atoms with E-state index in [1.807, 2.05) is 6.07 Å². The van der Waals surface area contributed by atoms with Crippen LogP contribution in [-0.4, -0.2) is 19.2 Å². The van der Waals surface area contributed by atoms with Gasteiger partial charge in [0.05, 0.1) is 0 Å². The summed E-state index contributed by atoms with van der Waals surface area (Å²) in [6.07, 6.45) is 5.96. The number of fused-ring (bicyclic) bond motifs is 1. The summed E-state index contributed by atoms with van der Waals surface area (Å²) in [6.45, 7) is 0.891. The second kappa shape index (κ2) is 6.79. The van der Waals surface area contributed by atoms with Crippen molar-refractivity contribution >= 4 is 5.91 Å². The van der Waals surface area contributed by atoms with E-state index in [-0.39, 0.29) is 18.1 Å². The summed E-state index contributed by atoms with van der Waals surface area (Å²) in [5.74, 6) is 1.28. The van der Waals surface area contributed by atoms with Crippen molar-refractivity contribution in [1.82, 2.24) is 5.32 Å². The lowest BCUT2D eigenvalue weighted by Crippen LogP contribution is -2.42. The van der Waals surface area contributed by atoms with Crippen molar-refractivity contribution in [2.75, 3.05) is 13.3 Å². The fourth-order valence-corrected chi connectivity index (χ4v) is 3.98. The van der Waals surface area contributed by atoms with Gasteiger partial charge in [0.25, 0.3) is 5.91 Å². The number of hydrogen-bond donors (Lipinski definition) is 1. The van der Waals surface area contributed by atoms with Crippen LogP contribution >= 0.6 is 0 Å². The molecule has 4 heteroatoms. The van der Waals surface area contributed by atoms with Gasteiger partial charge in [-0.25, -0.2) is 0 Å². The van der Waals surface area contributed by atoms with Crippen LogP contribution in [0, 0.1) is 0 Å². The second-order valence-corrected chi connectivity index (χ2v) is 6.96. The molecule has 1 N–H and O–H groups in total. The summed E-state index contributed by atoms with van der Waals surface area (Å²) in [4.78, 5) is 12.7. The van der Waals surface area contributed by atoms with E-state index in [4.69, 9.17) is 9.47 Å². The normalized spacial score (nSPS) is 17.9. The van der Waals surface area contributed by atoms with E-state index in [9.17, 15) is 4.79 Å². The largest absolute Gasteiger partial charge is 0.454 e. The Morgan fingerprint density at radius 1 is 0.960 bits per heavy atom. The molecule has 1 fully saturated rings. The van der Waals surface area contributed by atoms with Gasteiger partial charge in [0.2, 0.25) is 6.79 Å². The zero-order chi connectivity index (χ0) is 17.1. The monoisotopic (exact) mass is 337 g/mol. The van der Waals surface area contributed by atoms with Crippen LogP contribution in [0.15, 0.2) is 48.5 Å². The third kappa shape index (κ3) is 3.21. The highest BCUT2D eigenvalue weighted by Gasteiger charge is 2.34. The number of carbonyl (C=O) groups is 1. The molecule has 4 rings (SSSR count). The van der Waals surface area contributed by atoms with Gasteiger partial charge in [-0.15, -0.1) is 0 Å². The van der Waals surface area contributed by atoms with Crippen LogP contribution in [0.4, 0.5) is 0 Å². The van der Waals surface area contributed by atoms with E-state index in [2.05, 4.69) is 29.6 Å². The number of rotatable bonds is 4. The van der Waals surface area contributed by atoms with Gasteiger partial charge in [0.1, 0.15) is 0 Å². The molecule has 4 nitrogen and oxygen atoms in total. The minimum atomic E-state index is -0.0563. The quantitative estimate of drug-likeness (QED) is 0.916. The fourth-order valence-electron chi connectivity index (χ4n) is 3.98. The maximum atomic E-state index is 12.7. The van der Waals surface area contributed by atoms with Crippen molar-refractivity contribution in [3.63, 3.8) is 0 Å². The molecule has 0 atom stereocenters. The summed E-state index contributed by atoms with van der Waals surface area (Å²) in [6, 6.07) is 16.0. The maximum absolute atomic E-state index is 12.7. The Morgan fingerprint density at radius 2 is 1.72 bits per heavy atom. The molecule has 0 spiro atoms. The lowest BCUT2D eigenvalue weighted by Gasteiger charge is -2.38. The zero-order valence-corrected chi connectivity index (χ0v) is 14.3. The van der Waals surface area contributed by atoms with Crippen LogP contribution in [0.1, 0.15) is 48.0 Å². The standard InChI is InChI=1S/C21H23NO3/c23-20(16-9-10-18-19(13-16)25-15-24-18)22-14-21(11-5-2-6-12-21)17-7-3-1-4-8-17/h1,3-4,7-10,13H,2,5-6,11-12,14-15H2,(H,22,23). The van der Waals surface area contributed by atoms with Crippen molar-refractivity contribution in [2.45, 2.75) is 37.5 Å². The van der Waals surface area contributed by atoms with Crippen molar-refractivity contribution in [3.8, 4) is 11.5 Å². The molecule has 130 valence electrons. The van der Waals surface area contributed by atoms with E-state index < -0.39 is 0 Å². The number of hydrogen-bond acceptors (Lipinski definition) is 3. The molecule has 25 heavy (non-hydrogen) atoms. The lowest BCUT2D eigenvalue weighted by molar-refractivity contribution is 0.0936. The Morgan fingerprint density at radius 3 is 2.52 bits per heavy atom. The third-order valence-corrected chi connectivity index (χ3v) is 5.42. The number of amides is 1. The molecule has 0 unspecified atom stereocenters. The van der Waals surface area contributed by atoms with Gasteiger partial charge >= 0.3 is 0 Å². The van der Waals surface area contributed by atoms with Crippen molar-refractivity contribution < 1.29 is 14.3 Å². The lowest BCUT2D eigenvalue weighted by atomic mass is 9.69. The predicted molar refractivity (Wildman–Crippen MR) is 96.1 cm³/mol. The Kier molecular flexibility index (Phi) is 4.35. The molecule has 1 aliphatic heterocycles. The van der Waals surface area contributed by atoms with Crippen LogP contribution in [-0.2, 0) is 5.41 Å². The molecule has 0 bridgehead atoms. The number of carbonyl (C=O) groups excluding carboxylic acids is 1. The molecule has 2 aromatic rings. The van der Waals surface area contributed by atoms with Crippen molar-refractivity contribution in [1.29, 1.82) is 0 Å². The smallest absolute Gasteiger partial charge is 0.251 e. The number of nitrogens with one attached hydrogen (secondary N) is 1. The van der Waals surface area contributed by atoms with E-state index in [1.54, 1.807) is 18.2 Å². The predicted octanol–water partition coefficient (Wildman–Crippen LogP) is 4.05. The van der Waals surface area contributed by atoms with Gasteiger partial charge in [-0.05, 0) is 36.6 Å². The van der Waals surface area contributed by atoms with E-state index in [0.29, 0.717) is 23.6 Å². The average molecular weight is 337 g/mol. The van der Waals surface area contributed by atoms with Gasteiger partial charge in [-0.2, -0.15) is 0 Å². The summed E-state index contributed by atoms with van der Waals surface area (Å²) in [5, 5.41) is 3.16. The molecule has 2 aromatic carbocycles. The summed E-state index contributed by atoms with van der Waals surface area (Å²) in [7, 11) is 0. The summed E-state index contributed by atoms with van der Waals surface area (Å²) >= 11 is 0. The van der Waals surface area contributed by atoms with Crippen molar-refractivity contribution in [2.24, 2.45) is 0 Å². The van der Waals surface area contributed by atoms with Crippen LogP contribution in [0.3, 0.4) is 0 Å². The molecular weight excluding hydrogens is 314 g/mol. The van der Waals surface area contributed by atoms with E-state index in [0.717, 1.165) is 12.8 Å². The number of benzene rings is 2. The van der Waals surface area contributed by atoms with Gasteiger partial charge in [0.15, 0.2) is 11.5 Å². The van der Waals surface area contributed by atoms with Gasteiger partial charge < -0.3 is 14.8 Å².